The molecule has 1 heterocycles. The van der Waals surface area contributed by atoms with E-state index in [9.17, 15) is 14.0 Å². The molecule has 128 valence electrons. The van der Waals surface area contributed by atoms with Crippen molar-refractivity contribution in [2.24, 2.45) is 5.92 Å². The lowest BCUT2D eigenvalue weighted by Gasteiger charge is -2.20. The second-order valence-electron chi connectivity index (χ2n) is 5.52. The number of halogens is 2. The maximum absolute atomic E-state index is 13.8. The number of esters is 1. The van der Waals surface area contributed by atoms with Crippen LogP contribution in [0.2, 0.25) is 0 Å². The minimum Gasteiger partial charge on any atom is -0.459 e. The molecule has 7 heteroatoms. The summed E-state index contributed by atoms with van der Waals surface area (Å²) in [6.45, 7) is 3.43. The summed E-state index contributed by atoms with van der Waals surface area (Å²) in [6, 6.07) is 7.17. The largest absolute Gasteiger partial charge is 0.459 e. The molecular formula is C17H17BrFNO3S. The van der Waals surface area contributed by atoms with Gasteiger partial charge in [-0.3, -0.25) is 4.79 Å². The van der Waals surface area contributed by atoms with Crippen LogP contribution in [0, 0.1) is 11.7 Å². The van der Waals surface area contributed by atoms with Crippen molar-refractivity contribution >= 4 is 39.1 Å². The van der Waals surface area contributed by atoms with E-state index in [2.05, 4.69) is 21.2 Å². The first-order valence-electron chi connectivity index (χ1n) is 7.33. The Morgan fingerprint density at radius 3 is 2.67 bits per heavy atom. The molecule has 0 unspecified atom stereocenters. The van der Waals surface area contributed by atoms with Gasteiger partial charge >= 0.3 is 5.97 Å². The number of ether oxygens (including phenoxy) is 1. The van der Waals surface area contributed by atoms with Gasteiger partial charge in [-0.25, -0.2) is 9.18 Å². The number of amides is 1. The predicted molar refractivity (Wildman–Crippen MR) is 94.3 cm³/mol. The zero-order valence-corrected chi connectivity index (χ0v) is 15.6. The summed E-state index contributed by atoms with van der Waals surface area (Å²) >= 11 is 4.46. The first kappa shape index (κ1) is 18.6. The van der Waals surface area contributed by atoms with Gasteiger partial charge in [-0.2, -0.15) is 0 Å². The van der Waals surface area contributed by atoms with Gasteiger partial charge in [0.15, 0.2) is 0 Å². The molecule has 0 aliphatic heterocycles. The van der Waals surface area contributed by atoms with Gasteiger partial charge in [0.1, 0.15) is 18.5 Å². The van der Waals surface area contributed by atoms with Crippen LogP contribution < -0.4 is 5.32 Å². The normalized spacial score (nSPS) is 12.0. The van der Waals surface area contributed by atoms with E-state index in [1.807, 2.05) is 0 Å². The van der Waals surface area contributed by atoms with E-state index in [0.717, 1.165) is 0 Å². The number of hydrogen-bond acceptors (Lipinski definition) is 4. The fraction of sp³-hybridized carbons (Fsp3) is 0.294. The van der Waals surface area contributed by atoms with E-state index in [1.54, 1.807) is 43.5 Å². The van der Waals surface area contributed by atoms with E-state index < -0.39 is 17.8 Å². The molecule has 1 N–H and O–H groups in total. The van der Waals surface area contributed by atoms with Crippen molar-refractivity contribution in [3.8, 4) is 0 Å². The molecule has 0 bridgehead atoms. The molecule has 1 aromatic heterocycles. The number of thiophene rings is 1. The first-order valence-corrected chi connectivity index (χ1v) is 9.00. The van der Waals surface area contributed by atoms with E-state index in [0.29, 0.717) is 9.35 Å². The highest BCUT2D eigenvalue weighted by Gasteiger charge is 2.26. The number of nitrogens with one attached hydrogen (secondary N) is 1. The Bertz CT molecular complexity index is 719. The number of hydrogen-bond donors (Lipinski definition) is 1. The average Bonchev–Trinajstić information content (AvgIpc) is 3.05. The molecule has 4 nitrogen and oxygen atoms in total. The standard InChI is InChI=1S/C17H17BrFNO3S/c1-10(2)15(20-16(21)14-4-3-7-24-14)17(22)23-9-11-5-6-12(18)8-13(11)19/h3-8,10,15H,9H2,1-2H3,(H,20,21)/t15-/m0/s1. The number of rotatable bonds is 6. The fourth-order valence-corrected chi connectivity index (χ4v) is 2.96. The summed E-state index contributed by atoms with van der Waals surface area (Å²) < 4.78 is 19.6. The van der Waals surface area contributed by atoms with Crippen LogP contribution in [0.25, 0.3) is 0 Å². The van der Waals surface area contributed by atoms with Crippen LogP contribution in [0.15, 0.2) is 40.2 Å². The third kappa shape index (κ3) is 4.88. The molecular weight excluding hydrogens is 397 g/mol. The van der Waals surface area contributed by atoms with E-state index in [4.69, 9.17) is 4.74 Å². The van der Waals surface area contributed by atoms with Crippen LogP contribution in [0.1, 0.15) is 29.1 Å². The Kier molecular flexibility index (Phi) is 6.51. The van der Waals surface area contributed by atoms with Gasteiger partial charge in [0.2, 0.25) is 0 Å². The Morgan fingerprint density at radius 1 is 1.33 bits per heavy atom. The van der Waals surface area contributed by atoms with Crippen molar-refractivity contribution in [3.05, 3.63) is 56.4 Å². The molecule has 1 aromatic carbocycles. The highest BCUT2D eigenvalue weighted by Crippen LogP contribution is 2.17. The number of carbonyl (C=O) groups is 2. The Balaban J connectivity index is 2.00. The lowest BCUT2D eigenvalue weighted by molar-refractivity contribution is -0.148. The highest BCUT2D eigenvalue weighted by atomic mass is 79.9. The van der Waals surface area contributed by atoms with Crippen LogP contribution in [0.3, 0.4) is 0 Å². The summed E-state index contributed by atoms with van der Waals surface area (Å²) in [5, 5.41) is 4.46. The van der Waals surface area contributed by atoms with E-state index in [-0.39, 0.29) is 24.0 Å². The Labute approximate surface area is 152 Å². The Morgan fingerprint density at radius 2 is 2.08 bits per heavy atom. The number of carbonyl (C=O) groups excluding carboxylic acids is 2. The first-order chi connectivity index (χ1) is 11.4. The number of benzene rings is 1. The van der Waals surface area contributed by atoms with Gasteiger partial charge < -0.3 is 10.1 Å². The minimum absolute atomic E-state index is 0.156. The Hall–Kier alpha value is -1.73. The summed E-state index contributed by atoms with van der Waals surface area (Å²) in [4.78, 5) is 24.9. The predicted octanol–water partition coefficient (Wildman–Crippen LogP) is 4.15. The third-order valence-corrected chi connectivity index (χ3v) is 4.70. The van der Waals surface area contributed by atoms with Crippen LogP contribution in [0.4, 0.5) is 4.39 Å². The SMILES string of the molecule is CC(C)[C@H](NC(=O)c1cccs1)C(=O)OCc1ccc(Br)cc1F. The van der Waals surface area contributed by atoms with Crippen LogP contribution >= 0.6 is 27.3 Å². The van der Waals surface area contributed by atoms with Gasteiger partial charge in [0, 0.05) is 10.0 Å². The summed E-state index contributed by atoms with van der Waals surface area (Å²) in [6.07, 6.45) is 0. The van der Waals surface area contributed by atoms with Gasteiger partial charge in [-0.1, -0.05) is 41.9 Å². The van der Waals surface area contributed by atoms with Crippen LogP contribution in [0.5, 0.6) is 0 Å². The van der Waals surface area contributed by atoms with Gasteiger partial charge in [0.25, 0.3) is 5.91 Å². The summed E-state index contributed by atoms with van der Waals surface area (Å²) in [5.41, 5.74) is 0.277. The molecule has 2 aromatic rings. The highest BCUT2D eigenvalue weighted by molar-refractivity contribution is 9.10. The molecule has 0 saturated carbocycles. The van der Waals surface area contributed by atoms with Crippen molar-refractivity contribution in [3.63, 3.8) is 0 Å². The van der Waals surface area contributed by atoms with Crippen molar-refractivity contribution in [2.45, 2.75) is 26.5 Å². The molecule has 1 amide bonds. The lowest BCUT2D eigenvalue weighted by Crippen LogP contribution is -2.45. The molecule has 0 aliphatic carbocycles. The summed E-state index contributed by atoms with van der Waals surface area (Å²) in [5.74, 6) is -1.52. The third-order valence-electron chi connectivity index (χ3n) is 3.34. The second kappa shape index (κ2) is 8.39. The molecule has 0 radical (unpaired) electrons. The maximum atomic E-state index is 13.8. The molecule has 2 rings (SSSR count). The maximum Gasteiger partial charge on any atom is 0.329 e. The van der Waals surface area contributed by atoms with Crippen molar-refractivity contribution in [2.75, 3.05) is 0 Å². The molecule has 0 fully saturated rings. The second-order valence-corrected chi connectivity index (χ2v) is 7.38. The van der Waals surface area contributed by atoms with Crippen LogP contribution in [-0.4, -0.2) is 17.9 Å². The van der Waals surface area contributed by atoms with Gasteiger partial charge in [-0.15, -0.1) is 11.3 Å². The monoisotopic (exact) mass is 413 g/mol. The minimum atomic E-state index is -0.793. The quantitative estimate of drug-likeness (QED) is 0.723. The van der Waals surface area contributed by atoms with Crippen LogP contribution in [-0.2, 0) is 16.1 Å². The molecule has 1 atom stereocenters. The molecule has 0 aliphatic rings. The topological polar surface area (TPSA) is 55.4 Å². The molecule has 0 spiro atoms. The zero-order valence-electron chi connectivity index (χ0n) is 13.2. The smallest absolute Gasteiger partial charge is 0.329 e. The van der Waals surface area contributed by atoms with Crippen molar-refractivity contribution < 1.29 is 18.7 Å². The van der Waals surface area contributed by atoms with E-state index in [1.165, 1.54) is 17.4 Å². The van der Waals surface area contributed by atoms with Gasteiger partial charge in [-0.05, 0) is 29.5 Å². The zero-order chi connectivity index (χ0) is 17.7. The van der Waals surface area contributed by atoms with Gasteiger partial charge in [0.05, 0.1) is 4.88 Å². The average molecular weight is 414 g/mol. The lowest BCUT2D eigenvalue weighted by atomic mass is 10.0. The summed E-state index contributed by atoms with van der Waals surface area (Å²) in [7, 11) is 0. The van der Waals surface area contributed by atoms with Crippen molar-refractivity contribution in [1.29, 1.82) is 0 Å². The fourth-order valence-electron chi connectivity index (χ4n) is 2.00. The van der Waals surface area contributed by atoms with Crippen molar-refractivity contribution in [1.82, 2.24) is 5.32 Å². The van der Waals surface area contributed by atoms with E-state index >= 15 is 0 Å². The molecule has 0 saturated heterocycles. The molecule has 24 heavy (non-hydrogen) atoms.